The van der Waals surface area contributed by atoms with Crippen LogP contribution in [0.15, 0.2) is 24.3 Å². The number of nitrogens with one attached hydrogen (secondary N) is 3. The van der Waals surface area contributed by atoms with Gasteiger partial charge in [0.2, 0.25) is 0 Å². The van der Waals surface area contributed by atoms with Crippen LogP contribution in [0.25, 0.3) is 0 Å². The molecule has 1 saturated heterocycles. The molecule has 0 radical (unpaired) electrons. The highest BCUT2D eigenvalue weighted by molar-refractivity contribution is 6.33. The second-order valence-electron chi connectivity index (χ2n) is 4.48. The fourth-order valence-electron chi connectivity index (χ4n) is 2.05. The molecule has 1 atom stereocenters. The van der Waals surface area contributed by atoms with Crippen molar-refractivity contribution < 1.29 is 4.79 Å². The summed E-state index contributed by atoms with van der Waals surface area (Å²) < 4.78 is 0. The molecule has 4 nitrogen and oxygen atoms in total. The Morgan fingerprint density at radius 3 is 3.00 bits per heavy atom. The molecule has 0 aliphatic carbocycles. The highest BCUT2D eigenvalue weighted by Crippen LogP contribution is 2.20. The third-order valence-corrected chi connectivity index (χ3v) is 3.33. The molecule has 18 heavy (non-hydrogen) atoms. The monoisotopic (exact) mass is 267 g/mol. The van der Waals surface area contributed by atoms with E-state index in [9.17, 15) is 4.79 Å². The van der Waals surface area contributed by atoms with E-state index in [0.717, 1.165) is 25.9 Å². The van der Waals surface area contributed by atoms with Crippen LogP contribution < -0.4 is 16.0 Å². The molecule has 0 aromatic heterocycles. The molecule has 3 N–H and O–H groups in total. The Morgan fingerprint density at radius 1 is 1.33 bits per heavy atom. The molecule has 0 bridgehead atoms. The number of amides is 2. The number of urea groups is 1. The molecule has 1 unspecified atom stereocenters. The average molecular weight is 268 g/mol. The van der Waals surface area contributed by atoms with Crippen LogP contribution in [0.5, 0.6) is 0 Å². The van der Waals surface area contributed by atoms with Crippen molar-refractivity contribution in [3.8, 4) is 0 Å². The molecule has 1 aromatic carbocycles. The first-order valence-corrected chi connectivity index (χ1v) is 6.66. The predicted octanol–water partition coefficient (Wildman–Crippen LogP) is 2.60. The van der Waals surface area contributed by atoms with Crippen molar-refractivity contribution in [2.24, 2.45) is 0 Å². The lowest BCUT2D eigenvalue weighted by Crippen LogP contribution is -2.42. The number of carbonyl (C=O) groups excluding carboxylic acids is 1. The Bertz CT molecular complexity index is 403. The fraction of sp³-hybridized carbons (Fsp3) is 0.462. The summed E-state index contributed by atoms with van der Waals surface area (Å²) in [5.74, 6) is 0. The molecule has 98 valence electrons. The van der Waals surface area contributed by atoms with Crippen molar-refractivity contribution in [3.63, 3.8) is 0 Å². The number of halogens is 1. The van der Waals surface area contributed by atoms with Gasteiger partial charge in [0.1, 0.15) is 0 Å². The van der Waals surface area contributed by atoms with Gasteiger partial charge in [-0.2, -0.15) is 0 Å². The van der Waals surface area contributed by atoms with Crippen molar-refractivity contribution >= 4 is 23.3 Å². The molecule has 0 saturated carbocycles. The van der Waals surface area contributed by atoms with Crippen LogP contribution in [0.1, 0.15) is 19.3 Å². The molecular formula is C13H18ClN3O. The summed E-state index contributed by atoms with van der Waals surface area (Å²) in [5.41, 5.74) is 0.637. The quantitative estimate of drug-likeness (QED) is 0.772. The van der Waals surface area contributed by atoms with E-state index in [-0.39, 0.29) is 12.1 Å². The third-order valence-electron chi connectivity index (χ3n) is 3.00. The largest absolute Gasteiger partial charge is 0.334 e. The van der Waals surface area contributed by atoms with Crippen LogP contribution in [0.4, 0.5) is 10.5 Å². The zero-order valence-electron chi connectivity index (χ0n) is 10.2. The Morgan fingerprint density at radius 2 is 2.17 bits per heavy atom. The minimum absolute atomic E-state index is 0.190. The van der Waals surface area contributed by atoms with Gasteiger partial charge in [0.05, 0.1) is 10.7 Å². The third kappa shape index (κ3) is 3.89. The summed E-state index contributed by atoms with van der Waals surface area (Å²) in [4.78, 5) is 11.8. The maximum atomic E-state index is 11.8. The molecule has 1 fully saturated rings. The lowest BCUT2D eigenvalue weighted by atomic mass is 10.1. The number of hydrogen-bond donors (Lipinski definition) is 3. The van der Waals surface area contributed by atoms with E-state index in [0.29, 0.717) is 10.7 Å². The van der Waals surface area contributed by atoms with Crippen LogP contribution in [0.3, 0.4) is 0 Å². The topological polar surface area (TPSA) is 53.2 Å². The van der Waals surface area contributed by atoms with Crippen LogP contribution in [-0.2, 0) is 0 Å². The van der Waals surface area contributed by atoms with Gasteiger partial charge in [-0.05, 0) is 31.5 Å². The highest BCUT2D eigenvalue weighted by atomic mass is 35.5. The molecule has 1 aliphatic heterocycles. The second-order valence-corrected chi connectivity index (χ2v) is 4.88. The van der Waals surface area contributed by atoms with Crippen LogP contribution >= 0.6 is 11.6 Å². The Hall–Kier alpha value is -1.26. The number of para-hydroxylation sites is 1. The predicted molar refractivity (Wildman–Crippen MR) is 74.1 cm³/mol. The summed E-state index contributed by atoms with van der Waals surface area (Å²) in [6.07, 6.45) is 3.33. The van der Waals surface area contributed by atoms with Crippen LogP contribution in [-0.4, -0.2) is 25.2 Å². The van der Waals surface area contributed by atoms with Gasteiger partial charge in [-0.25, -0.2) is 4.79 Å². The smallest absolute Gasteiger partial charge is 0.319 e. The zero-order chi connectivity index (χ0) is 12.8. The van der Waals surface area contributed by atoms with Gasteiger partial charge < -0.3 is 16.0 Å². The molecule has 2 rings (SSSR count). The number of anilines is 1. The van der Waals surface area contributed by atoms with E-state index in [1.54, 1.807) is 12.1 Å². The second kappa shape index (κ2) is 6.61. The first kappa shape index (κ1) is 13.2. The van der Waals surface area contributed by atoms with Gasteiger partial charge in [0.25, 0.3) is 0 Å². The van der Waals surface area contributed by atoms with Crippen molar-refractivity contribution in [2.45, 2.75) is 25.3 Å². The number of hydrogen-bond acceptors (Lipinski definition) is 2. The van der Waals surface area contributed by atoms with Gasteiger partial charge in [-0.3, -0.25) is 0 Å². The lowest BCUT2D eigenvalue weighted by Gasteiger charge is -2.17. The van der Waals surface area contributed by atoms with E-state index in [1.165, 1.54) is 6.42 Å². The summed E-state index contributed by atoms with van der Waals surface area (Å²) in [5, 5.41) is 9.59. The molecule has 2 amide bonds. The maximum Gasteiger partial charge on any atom is 0.319 e. The normalized spacial score (nSPS) is 19.9. The van der Waals surface area contributed by atoms with E-state index >= 15 is 0 Å². The molecule has 1 aromatic rings. The van der Waals surface area contributed by atoms with Crippen LogP contribution in [0.2, 0.25) is 5.02 Å². The number of benzene rings is 1. The van der Waals surface area contributed by atoms with Crippen molar-refractivity contribution in [2.75, 3.05) is 18.4 Å². The molecule has 0 spiro atoms. The molecular weight excluding hydrogens is 250 g/mol. The Balaban J connectivity index is 1.86. The van der Waals surface area contributed by atoms with Crippen LogP contribution in [0, 0.1) is 0 Å². The molecule has 1 aliphatic rings. The van der Waals surface area contributed by atoms with E-state index in [2.05, 4.69) is 16.0 Å². The van der Waals surface area contributed by atoms with Crippen molar-refractivity contribution in [3.05, 3.63) is 29.3 Å². The van der Waals surface area contributed by atoms with Gasteiger partial charge >= 0.3 is 6.03 Å². The highest BCUT2D eigenvalue weighted by Gasteiger charge is 2.14. The SMILES string of the molecule is O=C(Nc1ccccc1Cl)NC1CCCCNC1. The minimum Gasteiger partial charge on any atom is -0.334 e. The first-order valence-electron chi connectivity index (χ1n) is 6.28. The van der Waals surface area contributed by atoms with Gasteiger partial charge in [-0.15, -0.1) is 0 Å². The zero-order valence-corrected chi connectivity index (χ0v) is 11.0. The summed E-state index contributed by atoms with van der Waals surface area (Å²) >= 11 is 5.98. The summed E-state index contributed by atoms with van der Waals surface area (Å²) in [6, 6.07) is 7.21. The molecule has 5 heteroatoms. The van der Waals surface area contributed by atoms with Gasteiger partial charge in [0, 0.05) is 12.6 Å². The fourth-order valence-corrected chi connectivity index (χ4v) is 2.23. The van der Waals surface area contributed by atoms with Gasteiger partial charge in [0.15, 0.2) is 0 Å². The Kier molecular flexibility index (Phi) is 4.84. The maximum absolute atomic E-state index is 11.8. The van der Waals surface area contributed by atoms with Crippen molar-refractivity contribution in [1.82, 2.24) is 10.6 Å². The van der Waals surface area contributed by atoms with Gasteiger partial charge in [-0.1, -0.05) is 30.2 Å². The minimum atomic E-state index is -0.197. The van der Waals surface area contributed by atoms with Crippen molar-refractivity contribution in [1.29, 1.82) is 0 Å². The number of rotatable bonds is 2. The average Bonchev–Trinajstić information content (AvgIpc) is 2.61. The molecule has 1 heterocycles. The number of carbonyl (C=O) groups is 1. The Labute approximate surface area is 112 Å². The lowest BCUT2D eigenvalue weighted by molar-refractivity contribution is 0.247. The first-order chi connectivity index (χ1) is 8.75. The summed E-state index contributed by atoms with van der Waals surface area (Å²) in [7, 11) is 0. The summed E-state index contributed by atoms with van der Waals surface area (Å²) in [6.45, 7) is 1.86. The van der Waals surface area contributed by atoms with E-state index in [1.807, 2.05) is 12.1 Å². The standard InChI is InChI=1S/C13H18ClN3O/c14-11-6-1-2-7-12(11)17-13(18)16-10-5-3-4-8-15-9-10/h1-2,6-7,10,15H,3-5,8-9H2,(H2,16,17,18). The van der Waals surface area contributed by atoms with E-state index in [4.69, 9.17) is 11.6 Å². The van der Waals surface area contributed by atoms with E-state index < -0.39 is 0 Å².